The number of benzene rings is 2. The van der Waals surface area contributed by atoms with E-state index in [-0.39, 0.29) is 5.91 Å². The van der Waals surface area contributed by atoms with E-state index < -0.39 is 0 Å². The first-order valence-corrected chi connectivity index (χ1v) is 10.5. The molecule has 0 atom stereocenters. The summed E-state index contributed by atoms with van der Waals surface area (Å²) < 4.78 is 22.2. The molecule has 0 unspecified atom stereocenters. The molecule has 0 aliphatic carbocycles. The van der Waals surface area contributed by atoms with Gasteiger partial charge in [-0.2, -0.15) is 0 Å². The summed E-state index contributed by atoms with van der Waals surface area (Å²) in [5.74, 6) is 2.07. The van der Waals surface area contributed by atoms with Gasteiger partial charge in [-0.05, 0) is 35.2 Å². The number of carbonyl (C=O) groups excluding carboxylic acids is 1. The summed E-state index contributed by atoms with van der Waals surface area (Å²) in [6.45, 7) is 6.94. The van der Waals surface area contributed by atoms with Crippen LogP contribution in [0.25, 0.3) is 5.76 Å². The third-order valence-corrected chi connectivity index (χ3v) is 5.29. The number of methoxy groups -OCH3 is 2. The van der Waals surface area contributed by atoms with Crippen LogP contribution >= 0.6 is 0 Å². The lowest BCUT2D eigenvalue weighted by molar-refractivity contribution is -0.130. The van der Waals surface area contributed by atoms with Crippen LogP contribution in [0.5, 0.6) is 11.5 Å². The Hall–Kier alpha value is -2.99. The average molecular weight is 426 g/mol. The molecule has 1 fully saturated rings. The second kappa shape index (κ2) is 10.9. The van der Waals surface area contributed by atoms with Crippen molar-refractivity contribution in [1.29, 1.82) is 0 Å². The third-order valence-electron chi connectivity index (χ3n) is 5.29. The van der Waals surface area contributed by atoms with Crippen molar-refractivity contribution < 1.29 is 23.7 Å². The number of hydrogen-bond acceptors (Lipinski definition) is 5. The zero-order valence-corrected chi connectivity index (χ0v) is 18.7. The van der Waals surface area contributed by atoms with Crippen LogP contribution in [0.15, 0.2) is 48.5 Å². The largest absolute Gasteiger partial charge is 0.493 e. The van der Waals surface area contributed by atoms with Crippen molar-refractivity contribution in [1.82, 2.24) is 4.90 Å². The zero-order valence-electron chi connectivity index (χ0n) is 18.7. The third kappa shape index (κ3) is 6.01. The van der Waals surface area contributed by atoms with Gasteiger partial charge in [-0.1, -0.05) is 38.1 Å². The molecule has 0 saturated carbocycles. The minimum atomic E-state index is -0.0942. The van der Waals surface area contributed by atoms with Crippen LogP contribution in [0.4, 0.5) is 0 Å². The Labute approximate surface area is 184 Å². The van der Waals surface area contributed by atoms with Gasteiger partial charge in [-0.25, -0.2) is 0 Å². The first kappa shape index (κ1) is 22.7. The Bertz CT molecular complexity index is 899. The zero-order chi connectivity index (χ0) is 22.2. The van der Waals surface area contributed by atoms with Crippen LogP contribution in [-0.4, -0.2) is 51.3 Å². The van der Waals surface area contributed by atoms with Gasteiger partial charge >= 0.3 is 0 Å². The highest BCUT2D eigenvalue weighted by Gasteiger charge is 2.18. The van der Waals surface area contributed by atoms with E-state index in [0.29, 0.717) is 56.1 Å². The quantitative estimate of drug-likeness (QED) is 0.468. The van der Waals surface area contributed by atoms with Crippen molar-refractivity contribution in [3.63, 3.8) is 0 Å². The Kier molecular flexibility index (Phi) is 7.95. The first-order chi connectivity index (χ1) is 15.0. The lowest BCUT2D eigenvalue weighted by Gasteiger charge is -2.26. The second-order valence-electron chi connectivity index (χ2n) is 7.70. The minimum Gasteiger partial charge on any atom is -0.493 e. The Morgan fingerprint density at radius 1 is 1.03 bits per heavy atom. The molecule has 0 radical (unpaired) electrons. The Balaban J connectivity index is 1.84. The van der Waals surface area contributed by atoms with Crippen LogP contribution in [0.2, 0.25) is 0 Å². The van der Waals surface area contributed by atoms with Crippen molar-refractivity contribution in [2.45, 2.75) is 26.4 Å². The molecule has 1 heterocycles. The first-order valence-electron chi connectivity index (χ1n) is 10.5. The number of hydrogen-bond donors (Lipinski definition) is 0. The molecule has 2 aromatic carbocycles. The van der Waals surface area contributed by atoms with Gasteiger partial charge in [-0.15, -0.1) is 0 Å². The predicted molar refractivity (Wildman–Crippen MR) is 120 cm³/mol. The second-order valence-corrected chi connectivity index (χ2v) is 7.70. The van der Waals surface area contributed by atoms with E-state index in [1.807, 2.05) is 18.2 Å². The summed E-state index contributed by atoms with van der Waals surface area (Å²) in [6, 6.07) is 13.8. The number of nitrogens with zero attached hydrogens (tertiary/aromatic N) is 1. The molecule has 1 amide bonds. The molecular formula is C25H31NO5. The van der Waals surface area contributed by atoms with Gasteiger partial charge < -0.3 is 23.8 Å². The molecule has 6 heteroatoms. The van der Waals surface area contributed by atoms with E-state index >= 15 is 0 Å². The number of ether oxygens (including phenoxy) is 4. The maximum Gasteiger partial charge on any atom is 0.250 e. The molecule has 0 bridgehead atoms. The molecule has 0 N–H and O–H groups in total. The maximum absolute atomic E-state index is 12.8. The minimum absolute atomic E-state index is 0.0942. The number of morpholine rings is 1. The molecule has 6 nitrogen and oxygen atoms in total. The molecule has 1 aliphatic rings. The van der Waals surface area contributed by atoms with Crippen LogP contribution < -0.4 is 9.47 Å². The molecule has 3 rings (SSSR count). The molecule has 31 heavy (non-hydrogen) atoms. The van der Waals surface area contributed by atoms with E-state index in [1.54, 1.807) is 25.2 Å². The van der Waals surface area contributed by atoms with E-state index in [9.17, 15) is 4.79 Å². The fourth-order valence-electron chi connectivity index (χ4n) is 3.34. The van der Waals surface area contributed by atoms with Crippen molar-refractivity contribution >= 4 is 11.7 Å². The van der Waals surface area contributed by atoms with Gasteiger partial charge in [0.2, 0.25) is 5.91 Å². The fraction of sp³-hybridized carbons (Fsp3) is 0.400. The average Bonchev–Trinajstić information content (AvgIpc) is 2.81. The van der Waals surface area contributed by atoms with Gasteiger partial charge in [0.15, 0.2) is 11.5 Å². The highest BCUT2D eigenvalue weighted by molar-refractivity contribution is 5.94. The van der Waals surface area contributed by atoms with Gasteiger partial charge in [0.1, 0.15) is 12.4 Å². The van der Waals surface area contributed by atoms with Gasteiger partial charge in [0.25, 0.3) is 0 Å². The lowest BCUT2D eigenvalue weighted by Crippen LogP contribution is -2.39. The van der Waals surface area contributed by atoms with E-state index in [4.69, 9.17) is 18.9 Å². The molecule has 2 aromatic rings. The van der Waals surface area contributed by atoms with Gasteiger partial charge in [0, 0.05) is 24.7 Å². The van der Waals surface area contributed by atoms with Crippen LogP contribution in [0.3, 0.4) is 0 Å². The van der Waals surface area contributed by atoms with E-state index in [1.165, 1.54) is 5.56 Å². The molecule has 0 aromatic heterocycles. The monoisotopic (exact) mass is 425 g/mol. The highest BCUT2D eigenvalue weighted by Crippen LogP contribution is 2.31. The van der Waals surface area contributed by atoms with Gasteiger partial charge in [-0.3, -0.25) is 4.79 Å². The van der Waals surface area contributed by atoms with E-state index in [2.05, 4.69) is 38.1 Å². The van der Waals surface area contributed by atoms with Crippen LogP contribution in [0.1, 0.15) is 36.5 Å². The maximum atomic E-state index is 12.8. The summed E-state index contributed by atoms with van der Waals surface area (Å²) >= 11 is 0. The summed E-state index contributed by atoms with van der Waals surface area (Å²) in [6.07, 6.45) is 1.55. The standard InChI is InChI=1S/C25H31NO5/c1-18(2)20-7-5-19(6-8-20)17-31-23(16-25(27)26-11-13-30-14-12-26)21-9-10-22(28-3)24(15-21)29-4/h5-10,15-16,18H,11-14,17H2,1-4H3/b23-16+. The van der Waals surface area contributed by atoms with Gasteiger partial charge in [0.05, 0.1) is 27.4 Å². The molecule has 166 valence electrons. The molecule has 1 saturated heterocycles. The normalized spacial score (nSPS) is 14.5. The summed E-state index contributed by atoms with van der Waals surface area (Å²) in [5.41, 5.74) is 3.06. The molecule has 1 aliphatic heterocycles. The lowest BCUT2D eigenvalue weighted by atomic mass is 10.0. The Morgan fingerprint density at radius 3 is 2.32 bits per heavy atom. The predicted octanol–water partition coefficient (Wildman–Crippen LogP) is 4.24. The van der Waals surface area contributed by atoms with Crippen molar-refractivity contribution in [3.8, 4) is 11.5 Å². The topological polar surface area (TPSA) is 57.2 Å². The highest BCUT2D eigenvalue weighted by atomic mass is 16.5. The number of rotatable bonds is 8. The smallest absolute Gasteiger partial charge is 0.250 e. The number of amides is 1. The fourth-order valence-corrected chi connectivity index (χ4v) is 3.34. The van der Waals surface area contributed by atoms with E-state index in [0.717, 1.165) is 11.1 Å². The van der Waals surface area contributed by atoms with Crippen molar-refractivity contribution in [2.75, 3.05) is 40.5 Å². The summed E-state index contributed by atoms with van der Waals surface area (Å²) in [4.78, 5) is 14.6. The van der Waals surface area contributed by atoms with Crippen LogP contribution in [-0.2, 0) is 20.9 Å². The molecular weight excluding hydrogens is 394 g/mol. The Morgan fingerprint density at radius 2 is 1.71 bits per heavy atom. The van der Waals surface area contributed by atoms with Crippen molar-refractivity contribution in [3.05, 3.63) is 65.2 Å². The molecule has 0 spiro atoms. The summed E-state index contributed by atoms with van der Waals surface area (Å²) in [5, 5.41) is 0. The summed E-state index contributed by atoms with van der Waals surface area (Å²) in [7, 11) is 3.18. The number of carbonyl (C=O) groups is 1. The van der Waals surface area contributed by atoms with Crippen LogP contribution in [0, 0.1) is 0 Å². The SMILES string of the molecule is COc1ccc(/C(=C\C(=O)N2CCOCC2)OCc2ccc(C(C)C)cc2)cc1OC. The van der Waals surface area contributed by atoms with Crippen molar-refractivity contribution in [2.24, 2.45) is 0 Å².